The number of aliphatic hydroxyl groups is 1. The number of nitrogens with zero attached hydrogens (tertiary/aromatic N) is 1. The number of aliphatic hydroxyl groups excluding tert-OH is 1. The Balaban J connectivity index is 2.11. The van der Waals surface area contributed by atoms with E-state index in [1.54, 1.807) is 18.2 Å². The summed E-state index contributed by atoms with van der Waals surface area (Å²) in [4.78, 5) is 14.7. The number of hydrogen-bond donors (Lipinski definition) is 1. The van der Waals surface area contributed by atoms with Gasteiger partial charge < -0.3 is 5.11 Å². The van der Waals surface area contributed by atoms with Crippen LogP contribution in [0.3, 0.4) is 0 Å². The molecule has 0 radical (unpaired) electrons. The number of carbonyl (C=O) groups is 1. The van der Waals surface area contributed by atoms with Crippen LogP contribution in [0.5, 0.6) is 0 Å². The second kappa shape index (κ2) is 6.90. The zero-order chi connectivity index (χ0) is 14.7. The van der Waals surface area contributed by atoms with Gasteiger partial charge in [0, 0.05) is 23.7 Å². The maximum Gasteiger partial charge on any atom is 0.181 e. The lowest BCUT2D eigenvalue weighted by Gasteiger charge is -2.35. The van der Waals surface area contributed by atoms with E-state index in [9.17, 15) is 9.90 Å². The molecule has 2 rings (SSSR count). The fraction of sp³-hybridized carbons (Fsp3) is 0.533. The third-order valence-corrected chi connectivity index (χ3v) is 4.48. The fourth-order valence-electron chi connectivity index (χ4n) is 2.68. The first-order chi connectivity index (χ1) is 9.52. The van der Waals surface area contributed by atoms with Crippen molar-refractivity contribution in [2.75, 3.05) is 19.7 Å². The minimum absolute atomic E-state index is 0.00487. The van der Waals surface area contributed by atoms with Crippen LogP contribution < -0.4 is 0 Å². The van der Waals surface area contributed by atoms with Crippen molar-refractivity contribution in [2.24, 2.45) is 5.92 Å². The van der Waals surface area contributed by atoms with Gasteiger partial charge in [-0.05, 0) is 50.4 Å². The molecule has 1 aliphatic heterocycles. The molecule has 1 N–H and O–H groups in total. The average Bonchev–Trinajstić information content (AvgIpc) is 2.46. The molecule has 0 amide bonds. The molecule has 1 heterocycles. The standard InChI is InChI=1S/C15H19Cl2NO2/c1-10(18-6-2-3-11(8-18)9-19)15(20)13-5-4-12(16)7-14(13)17/h4-5,7,10-11,19H,2-3,6,8-9H2,1H3. The highest BCUT2D eigenvalue weighted by Crippen LogP contribution is 2.25. The van der Waals surface area contributed by atoms with Gasteiger partial charge in [-0.2, -0.15) is 0 Å². The Bertz CT molecular complexity index is 493. The third-order valence-electron chi connectivity index (χ3n) is 3.93. The number of Topliss-reactive ketones (excluding diaryl/α,β-unsaturated/α-hetero) is 1. The second-order valence-corrected chi connectivity index (χ2v) is 6.19. The van der Waals surface area contributed by atoms with E-state index < -0.39 is 0 Å². The van der Waals surface area contributed by atoms with Crippen LogP contribution in [-0.2, 0) is 0 Å². The minimum atomic E-state index is -0.233. The lowest BCUT2D eigenvalue weighted by molar-refractivity contribution is 0.0673. The summed E-state index contributed by atoms with van der Waals surface area (Å²) >= 11 is 12.0. The van der Waals surface area contributed by atoms with E-state index >= 15 is 0 Å². The highest BCUT2D eigenvalue weighted by molar-refractivity contribution is 6.37. The van der Waals surface area contributed by atoms with E-state index in [1.165, 1.54) is 0 Å². The van der Waals surface area contributed by atoms with Gasteiger partial charge in [0.1, 0.15) is 0 Å². The topological polar surface area (TPSA) is 40.5 Å². The smallest absolute Gasteiger partial charge is 0.181 e. The first-order valence-electron chi connectivity index (χ1n) is 6.87. The molecule has 0 aliphatic carbocycles. The molecule has 110 valence electrons. The molecule has 2 unspecified atom stereocenters. The van der Waals surface area contributed by atoms with E-state index in [-0.39, 0.29) is 24.3 Å². The van der Waals surface area contributed by atoms with Crippen LogP contribution in [0.15, 0.2) is 18.2 Å². The monoisotopic (exact) mass is 315 g/mol. The molecular formula is C15H19Cl2NO2. The Morgan fingerprint density at radius 1 is 1.50 bits per heavy atom. The van der Waals surface area contributed by atoms with E-state index in [0.717, 1.165) is 25.9 Å². The quantitative estimate of drug-likeness (QED) is 0.867. The van der Waals surface area contributed by atoms with Gasteiger partial charge in [-0.1, -0.05) is 23.2 Å². The van der Waals surface area contributed by atoms with Gasteiger partial charge in [0.25, 0.3) is 0 Å². The van der Waals surface area contributed by atoms with Crippen molar-refractivity contribution in [3.05, 3.63) is 33.8 Å². The number of carbonyl (C=O) groups excluding carboxylic acids is 1. The number of piperidine rings is 1. The van der Waals surface area contributed by atoms with Crippen molar-refractivity contribution in [1.82, 2.24) is 4.90 Å². The van der Waals surface area contributed by atoms with Crippen molar-refractivity contribution in [2.45, 2.75) is 25.8 Å². The van der Waals surface area contributed by atoms with Gasteiger partial charge >= 0.3 is 0 Å². The largest absolute Gasteiger partial charge is 0.396 e. The maximum atomic E-state index is 12.5. The predicted octanol–water partition coefficient (Wildman–Crippen LogP) is 3.27. The zero-order valence-corrected chi connectivity index (χ0v) is 13.0. The fourth-order valence-corrected chi connectivity index (χ4v) is 3.18. The molecule has 0 bridgehead atoms. The SMILES string of the molecule is CC(C(=O)c1ccc(Cl)cc1Cl)N1CCCC(CO)C1. The third kappa shape index (κ3) is 3.53. The average molecular weight is 316 g/mol. The number of rotatable bonds is 4. The molecule has 1 aromatic carbocycles. The summed E-state index contributed by atoms with van der Waals surface area (Å²) < 4.78 is 0. The van der Waals surface area contributed by atoms with Gasteiger partial charge in [-0.15, -0.1) is 0 Å². The van der Waals surface area contributed by atoms with Crippen LogP contribution in [0.2, 0.25) is 10.0 Å². The highest BCUT2D eigenvalue weighted by Gasteiger charge is 2.28. The Morgan fingerprint density at radius 3 is 2.90 bits per heavy atom. The Kier molecular flexibility index (Phi) is 5.44. The molecule has 1 saturated heterocycles. The van der Waals surface area contributed by atoms with Crippen LogP contribution in [0.1, 0.15) is 30.1 Å². The predicted molar refractivity (Wildman–Crippen MR) is 81.6 cm³/mol. The molecule has 0 aromatic heterocycles. The normalized spacial score (nSPS) is 21.7. The molecule has 5 heteroatoms. The molecule has 1 aromatic rings. The molecule has 1 fully saturated rings. The Hall–Kier alpha value is -0.610. The molecule has 0 saturated carbocycles. The Labute approximate surface area is 129 Å². The number of benzene rings is 1. The van der Waals surface area contributed by atoms with Gasteiger partial charge in [-0.25, -0.2) is 0 Å². The molecular weight excluding hydrogens is 297 g/mol. The summed E-state index contributed by atoms with van der Waals surface area (Å²) in [7, 11) is 0. The summed E-state index contributed by atoms with van der Waals surface area (Å²) in [5.74, 6) is 0.268. The van der Waals surface area contributed by atoms with Crippen LogP contribution in [0, 0.1) is 5.92 Å². The number of hydrogen-bond acceptors (Lipinski definition) is 3. The van der Waals surface area contributed by atoms with Gasteiger partial charge in [0.2, 0.25) is 0 Å². The van der Waals surface area contributed by atoms with Crippen LogP contribution in [0.25, 0.3) is 0 Å². The summed E-state index contributed by atoms with van der Waals surface area (Å²) in [6, 6.07) is 4.72. The van der Waals surface area contributed by atoms with Crippen molar-refractivity contribution in [1.29, 1.82) is 0 Å². The first kappa shape index (κ1) is 15.8. The van der Waals surface area contributed by atoms with Gasteiger partial charge in [0.05, 0.1) is 11.1 Å². The summed E-state index contributed by atoms with van der Waals surface area (Å²) in [5, 5.41) is 10.2. The summed E-state index contributed by atoms with van der Waals surface area (Å²) in [5.41, 5.74) is 0.509. The van der Waals surface area contributed by atoms with Crippen LogP contribution in [-0.4, -0.2) is 41.5 Å². The van der Waals surface area contributed by atoms with E-state index in [0.29, 0.717) is 15.6 Å². The maximum absolute atomic E-state index is 12.5. The first-order valence-corrected chi connectivity index (χ1v) is 7.62. The minimum Gasteiger partial charge on any atom is -0.396 e. The number of ketones is 1. The van der Waals surface area contributed by atoms with Crippen molar-refractivity contribution in [3.63, 3.8) is 0 Å². The van der Waals surface area contributed by atoms with Crippen LogP contribution >= 0.6 is 23.2 Å². The lowest BCUT2D eigenvalue weighted by atomic mass is 9.95. The lowest BCUT2D eigenvalue weighted by Crippen LogP contribution is -2.45. The second-order valence-electron chi connectivity index (χ2n) is 5.35. The van der Waals surface area contributed by atoms with Crippen molar-refractivity contribution < 1.29 is 9.90 Å². The van der Waals surface area contributed by atoms with Gasteiger partial charge in [0.15, 0.2) is 5.78 Å². The number of likely N-dealkylation sites (tertiary alicyclic amines) is 1. The van der Waals surface area contributed by atoms with Crippen molar-refractivity contribution in [3.8, 4) is 0 Å². The highest BCUT2D eigenvalue weighted by atomic mass is 35.5. The van der Waals surface area contributed by atoms with Gasteiger partial charge in [-0.3, -0.25) is 9.69 Å². The molecule has 20 heavy (non-hydrogen) atoms. The molecule has 2 atom stereocenters. The molecule has 3 nitrogen and oxygen atoms in total. The Morgan fingerprint density at radius 2 is 2.25 bits per heavy atom. The van der Waals surface area contributed by atoms with Crippen molar-refractivity contribution >= 4 is 29.0 Å². The summed E-state index contributed by atoms with van der Waals surface area (Å²) in [6.07, 6.45) is 2.03. The molecule has 0 spiro atoms. The van der Waals surface area contributed by atoms with E-state index in [2.05, 4.69) is 4.90 Å². The number of halogens is 2. The molecule has 1 aliphatic rings. The van der Waals surface area contributed by atoms with E-state index in [4.69, 9.17) is 23.2 Å². The van der Waals surface area contributed by atoms with E-state index in [1.807, 2.05) is 6.92 Å². The summed E-state index contributed by atoms with van der Waals surface area (Å²) in [6.45, 7) is 3.72. The van der Waals surface area contributed by atoms with Crippen LogP contribution in [0.4, 0.5) is 0 Å². The zero-order valence-electron chi connectivity index (χ0n) is 11.5.